The first-order valence-electron chi connectivity index (χ1n) is 5.38. The van der Waals surface area contributed by atoms with E-state index in [1.807, 2.05) is 6.33 Å². The smallest absolute Gasteiger partial charge is 0.0958 e. The van der Waals surface area contributed by atoms with Gasteiger partial charge in [0.25, 0.3) is 0 Å². The van der Waals surface area contributed by atoms with Gasteiger partial charge in [0.2, 0.25) is 0 Å². The molecular formula is C11H18N2O. The number of hydrogen-bond acceptors (Lipinski definition) is 2. The molecule has 0 radical (unpaired) electrons. The van der Waals surface area contributed by atoms with E-state index in [0.717, 1.165) is 12.1 Å². The molecule has 1 aliphatic carbocycles. The van der Waals surface area contributed by atoms with E-state index in [4.69, 9.17) is 0 Å². The molecule has 1 atom stereocenters. The molecule has 78 valence electrons. The Labute approximate surface area is 84.8 Å². The molecule has 3 nitrogen and oxygen atoms in total. The topological polar surface area (TPSA) is 38.1 Å². The summed E-state index contributed by atoms with van der Waals surface area (Å²) in [6, 6.07) is 0.606. The summed E-state index contributed by atoms with van der Waals surface area (Å²) in [4.78, 5) is 4.11. The lowest BCUT2D eigenvalue weighted by Gasteiger charge is -2.15. The van der Waals surface area contributed by atoms with Crippen molar-refractivity contribution in [3.05, 3.63) is 18.2 Å². The van der Waals surface area contributed by atoms with Crippen LogP contribution in [0.3, 0.4) is 0 Å². The summed E-state index contributed by atoms with van der Waals surface area (Å²) in [6.45, 7) is 4.25. The first-order valence-corrected chi connectivity index (χ1v) is 5.38. The van der Waals surface area contributed by atoms with Gasteiger partial charge in [-0.2, -0.15) is 0 Å². The third kappa shape index (κ3) is 1.98. The SMILES string of the molecule is CC(C)CC(O)c1cncn1C1CC1. The molecule has 1 aliphatic rings. The molecule has 1 saturated carbocycles. The summed E-state index contributed by atoms with van der Waals surface area (Å²) >= 11 is 0. The fraction of sp³-hybridized carbons (Fsp3) is 0.727. The Morgan fingerprint density at radius 3 is 2.86 bits per heavy atom. The van der Waals surface area contributed by atoms with Crippen LogP contribution in [0.2, 0.25) is 0 Å². The number of aromatic nitrogens is 2. The van der Waals surface area contributed by atoms with E-state index in [-0.39, 0.29) is 6.10 Å². The van der Waals surface area contributed by atoms with Gasteiger partial charge in [0.05, 0.1) is 24.3 Å². The molecule has 0 saturated heterocycles. The van der Waals surface area contributed by atoms with Gasteiger partial charge in [-0.25, -0.2) is 4.98 Å². The van der Waals surface area contributed by atoms with Crippen molar-refractivity contribution in [3.63, 3.8) is 0 Å². The average Bonchev–Trinajstić information content (AvgIpc) is 2.82. The van der Waals surface area contributed by atoms with Gasteiger partial charge in [-0.1, -0.05) is 13.8 Å². The Kier molecular flexibility index (Phi) is 2.59. The molecule has 0 aliphatic heterocycles. The number of aliphatic hydroxyl groups is 1. The number of nitrogens with zero attached hydrogens (tertiary/aromatic N) is 2. The van der Waals surface area contributed by atoms with Gasteiger partial charge in [0.15, 0.2) is 0 Å². The highest BCUT2D eigenvalue weighted by molar-refractivity contribution is 5.06. The Hall–Kier alpha value is -0.830. The molecule has 1 N–H and O–H groups in total. The van der Waals surface area contributed by atoms with Crippen LogP contribution in [0, 0.1) is 5.92 Å². The molecule has 1 heterocycles. The lowest BCUT2D eigenvalue weighted by atomic mass is 10.0. The number of rotatable bonds is 4. The second-order valence-corrected chi connectivity index (χ2v) is 4.60. The normalized spacial score (nSPS) is 18.9. The molecule has 14 heavy (non-hydrogen) atoms. The minimum absolute atomic E-state index is 0.349. The third-order valence-electron chi connectivity index (χ3n) is 2.67. The van der Waals surface area contributed by atoms with Crippen molar-refractivity contribution in [2.45, 2.75) is 45.3 Å². The lowest BCUT2D eigenvalue weighted by Crippen LogP contribution is -2.08. The van der Waals surface area contributed by atoms with Gasteiger partial charge in [-0.3, -0.25) is 0 Å². The Balaban J connectivity index is 2.09. The van der Waals surface area contributed by atoms with Gasteiger partial charge in [0.1, 0.15) is 0 Å². The average molecular weight is 194 g/mol. The zero-order valence-electron chi connectivity index (χ0n) is 8.85. The zero-order valence-corrected chi connectivity index (χ0v) is 8.85. The molecule has 2 rings (SSSR count). The minimum atomic E-state index is -0.349. The summed E-state index contributed by atoms with van der Waals surface area (Å²) in [7, 11) is 0. The van der Waals surface area contributed by atoms with E-state index in [0.29, 0.717) is 12.0 Å². The minimum Gasteiger partial charge on any atom is -0.387 e. The predicted molar refractivity (Wildman–Crippen MR) is 54.9 cm³/mol. The van der Waals surface area contributed by atoms with E-state index in [2.05, 4.69) is 23.4 Å². The third-order valence-corrected chi connectivity index (χ3v) is 2.67. The molecule has 1 aromatic rings. The van der Waals surface area contributed by atoms with Crippen molar-refractivity contribution in [3.8, 4) is 0 Å². The van der Waals surface area contributed by atoms with Crippen LogP contribution < -0.4 is 0 Å². The van der Waals surface area contributed by atoms with Crippen LogP contribution in [0.15, 0.2) is 12.5 Å². The zero-order chi connectivity index (χ0) is 10.1. The molecule has 0 spiro atoms. The fourth-order valence-corrected chi connectivity index (χ4v) is 1.80. The van der Waals surface area contributed by atoms with Crippen LogP contribution in [-0.4, -0.2) is 14.7 Å². The van der Waals surface area contributed by atoms with E-state index in [1.165, 1.54) is 12.8 Å². The first kappa shape index (κ1) is 9.71. The highest BCUT2D eigenvalue weighted by atomic mass is 16.3. The quantitative estimate of drug-likeness (QED) is 0.798. The van der Waals surface area contributed by atoms with Crippen molar-refractivity contribution < 1.29 is 5.11 Å². The molecule has 0 aromatic carbocycles. The molecule has 0 amide bonds. The van der Waals surface area contributed by atoms with Gasteiger partial charge in [-0.05, 0) is 25.2 Å². The van der Waals surface area contributed by atoms with Crippen LogP contribution in [0.1, 0.15) is 50.9 Å². The highest BCUT2D eigenvalue weighted by Gasteiger charge is 2.27. The largest absolute Gasteiger partial charge is 0.387 e. The Morgan fingerprint density at radius 2 is 2.29 bits per heavy atom. The molecule has 0 bridgehead atoms. The Bertz CT molecular complexity index is 302. The monoisotopic (exact) mass is 194 g/mol. The van der Waals surface area contributed by atoms with Crippen molar-refractivity contribution >= 4 is 0 Å². The first-order chi connectivity index (χ1) is 6.68. The van der Waals surface area contributed by atoms with Crippen LogP contribution in [0.5, 0.6) is 0 Å². The van der Waals surface area contributed by atoms with Gasteiger partial charge < -0.3 is 9.67 Å². The second kappa shape index (κ2) is 3.73. The number of imidazole rings is 1. The maximum Gasteiger partial charge on any atom is 0.0958 e. The van der Waals surface area contributed by atoms with Crippen LogP contribution in [0.4, 0.5) is 0 Å². The standard InChI is InChI=1S/C11H18N2O/c1-8(2)5-11(14)10-6-12-7-13(10)9-3-4-9/h6-9,11,14H,3-5H2,1-2H3. The second-order valence-electron chi connectivity index (χ2n) is 4.60. The Morgan fingerprint density at radius 1 is 1.57 bits per heavy atom. The summed E-state index contributed by atoms with van der Waals surface area (Å²) in [6.07, 6.45) is 6.58. The van der Waals surface area contributed by atoms with Gasteiger partial charge in [-0.15, -0.1) is 0 Å². The van der Waals surface area contributed by atoms with Crippen LogP contribution in [0.25, 0.3) is 0 Å². The number of aliphatic hydroxyl groups excluding tert-OH is 1. The van der Waals surface area contributed by atoms with Crippen molar-refractivity contribution in [1.29, 1.82) is 0 Å². The van der Waals surface area contributed by atoms with Gasteiger partial charge in [0, 0.05) is 6.04 Å². The summed E-state index contributed by atoms with van der Waals surface area (Å²) < 4.78 is 2.13. The maximum absolute atomic E-state index is 9.98. The molecular weight excluding hydrogens is 176 g/mol. The number of hydrogen-bond donors (Lipinski definition) is 1. The van der Waals surface area contributed by atoms with Crippen molar-refractivity contribution in [2.24, 2.45) is 5.92 Å². The summed E-state index contributed by atoms with van der Waals surface area (Å²) in [5.74, 6) is 0.521. The van der Waals surface area contributed by atoms with E-state index in [1.54, 1.807) is 6.20 Å². The van der Waals surface area contributed by atoms with Crippen LogP contribution >= 0.6 is 0 Å². The summed E-state index contributed by atoms with van der Waals surface area (Å²) in [5.41, 5.74) is 0.987. The molecule has 1 fully saturated rings. The predicted octanol–water partition coefficient (Wildman–Crippen LogP) is 2.30. The van der Waals surface area contributed by atoms with Crippen LogP contribution in [-0.2, 0) is 0 Å². The maximum atomic E-state index is 9.98. The van der Waals surface area contributed by atoms with Gasteiger partial charge >= 0.3 is 0 Å². The molecule has 1 unspecified atom stereocenters. The fourth-order valence-electron chi connectivity index (χ4n) is 1.80. The summed E-state index contributed by atoms with van der Waals surface area (Å²) in [5, 5.41) is 9.98. The molecule has 1 aromatic heterocycles. The molecule has 3 heteroatoms. The highest BCUT2D eigenvalue weighted by Crippen LogP contribution is 2.37. The van der Waals surface area contributed by atoms with E-state index < -0.39 is 0 Å². The lowest BCUT2D eigenvalue weighted by molar-refractivity contribution is 0.142. The van der Waals surface area contributed by atoms with E-state index in [9.17, 15) is 5.11 Å². The van der Waals surface area contributed by atoms with E-state index >= 15 is 0 Å². The van der Waals surface area contributed by atoms with Crippen molar-refractivity contribution in [1.82, 2.24) is 9.55 Å². The van der Waals surface area contributed by atoms with Crippen molar-refractivity contribution in [2.75, 3.05) is 0 Å².